The number of nitrogens with one attached hydrogen (secondary N) is 1. The molecule has 1 fully saturated rings. The maximum Gasteiger partial charge on any atom is 0.238 e. The molecule has 0 saturated carbocycles. The molecule has 0 radical (unpaired) electrons. The van der Waals surface area contributed by atoms with E-state index in [9.17, 15) is 4.79 Å². The second kappa shape index (κ2) is 8.18. The highest BCUT2D eigenvalue weighted by atomic mass is 16.2. The molecule has 1 heterocycles. The van der Waals surface area contributed by atoms with E-state index in [0.29, 0.717) is 6.54 Å². The summed E-state index contributed by atoms with van der Waals surface area (Å²) in [4.78, 5) is 16.7. The summed E-state index contributed by atoms with van der Waals surface area (Å²) in [7, 11) is 0. The first kappa shape index (κ1) is 16.8. The molecule has 1 aromatic carbocycles. The van der Waals surface area contributed by atoms with Gasteiger partial charge in [-0.05, 0) is 70.0 Å². The van der Waals surface area contributed by atoms with Crippen molar-refractivity contribution < 1.29 is 4.79 Å². The molecule has 0 aliphatic carbocycles. The molecule has 1 aliphatic rings. The normalized spacial score (nSPS) is 16.5. The van der Waals surface area contributed by atoms with E-state index in [-0.39, 0.29) is 5.91 Å². The van der Waals surface area contributed by atoms with Crippen molar-refractivity contribution in [3.8, 4) is 0 Å². The number of hydrogen-bond acceptors (Lipinski definition) is 3. The molecule has 1 N–H and O–H groups in total. The van der Waals surface area contributed by atoms with E-state index in [0.717, 1.165) is 37.8 Å². The topological polar surface area (TPSA) is 35.6 Å². The monoisotopic (exact) mass is 303 g/mol. The van der Waals surface area contributed by atoms with Crippen LogP contribution in [0, 0.1) is 5.92 Å². The maximum absolute atomic E-state index is 12.1. The number of rotatable bonds is 6. The van der Waals surface area contributed by atoms with Crippen LogP contribution in [0.15, 0.2) is 24.3 Å². The lowest BCUT2D eigenvalue weighted by atomic mass is 9.99. The van der Waals surface area contributed by atoms with Crippen molar-refractivity contribution in [2.45, 2.75) is 33.6 Å². The van der Waals surface area contributed by atoms with Gasteiger partial charge in [-0.15, -0.1) is 0 Å². The number of nitrogens with zero attached hydrogens (tertiary/aromatic N) is 2. The molecule has 4 nitrogen and oxygen atoms in total. The molecule has 22 heavy (non-hydrogen) atoms. The Bertz CT molecular complexity index is 460. The van der Waals surface area contributed by atoms with Crippen LogP contribution in [0.1, 0.15) is 33.6 Å². The second-order valence-corrected chi connectivity index (χ2v) is 6.23. The van der Waals surface area contributed by atoms with Gasteiger partial charge in [0.15, 0.2) is 0 Å². The van der Waals surface area contributed by atoms with Gasteiger partial charge in [-0.1, -0.05) is 6.92 Å². The number of likely N-dealkylation sites (tertiary alicyclic amines) is 1. The minimum absolute atomic E-state index is 0.0881. The van der Waals surface area contributed by atoms with Crippen molar-refractivity contribution in [1.82, 2.24) is 4.90 Å². The number of amides is 1. The van der Waals surface area contributed by atoms with Crippen LogP contribution in [0.2, 0.25) is 0 Å². The van der Waals surface area contributed by atoms with Crippen molar-refractivity contribution in [3.63, 3.8) is 0 Å². The van der Waals surface area contributed by atoms with Crippen molar-refractivity contribution in [2.75, 3.05) is 42.9 Å². The van der Waals surface area contributed by atoms with Crippen molar-refractivity contribution in [2.24, 2.45) is 5.92 Å². The summed E-state index contributed by atoms with van der Waals surface area (Å²) in [5, 5.41) is 3.00. The Balaban J connectivity index is 1.84. The van der Waals surface area contributed by atoms with Crippen molar-refractivity contribution >= 4 is 17.3 Å². The molecule has 4 heteroatoms. The Kier molecular flexibility index (Phi) is 6.25. The van der Waals surface area contributed by atoms with Crippen LogP contribution in [0.5, 0.6) is 0 Å². The zero-order valence-corrected chi connectivity index (χ0v) is 14.1. The predicted octanol–water partition coefficient (Wildman–Crippen LogP) is 3.20. The first-order valence-corrected chi connectivity index (χ1v) is 8.49. The molecule has 122 valence electrons. The highest BCUT2D eigenvalue weighted by molar-refractivity contribution is 5.92. The minimum Gasteiger partial charge on any atom is -0.372 e. The fourth-order valence-corrected chi connectivity index (χ4v) is 2.97. The number of hydrogen-bond donors (Lipinski definition) is 1. The van der Waals surface area contributed by atoms with Gasteiger partial charge in [-0.25, -0.2) is 0 Å². The average Bonchev–Trinajstić information content (AvgIpc) is 2.52. The van der Waals surface area contributed by atoms with Gasteiger partial charge in [0, 0.05) is 24.5 Å². The zero-order valence-electron chi connectivity index (χ0n) is 14.1. The number of piperidine rings is 1. The highest BCUT2D eigenvalue weighted by Crippen LogP contribution is 2.18. The predicted molar refractivity (Wildman–Crippen MR) is 93.5 cm³/mol. The van der Waals surface area contributed by atoms with Crippen LogP contribution in [-0.4, -0.2) is 43.5 Å². The Morgan fingerprint density at radius 1 is 1.18 bits per heavy atom. The fraction of sp³-hybridized carbons (Fsp3) is 0.611. The van der Waals surface area contributed by atoms with Crippen molar-refractivity contribution in [1.29, 1.82) is 0 Å². The van der Waals surface area contributed by atoms with Crippen LogP contribution in [0.25, 0.3) is 0 Å². The smallest absolute Gasteiger partial charge is 0.238 e. The van der Waals surface area contributed by atoms with E-state index in [1.165, 1.54) is 18.5 Å². The van der Waals surface area contributed by atoms with Gasteiger partial charge in [-0.3, -0.25) is 9.69 Å². The van der Waals surface area contributed by atoms with Gasteiger partial charge in [0.05, 0.1) is 6.54 Å². The summed E-state index contributed by atoms with van der Waals surface area (Å²) < 4.78 is 0. The summed E-state index contributed by atoms with van der Waals surface area (Å²) in [6, 6.07) is 8.13. The van der Waals surface area contributed by atoms with Crippen LogP contribution in [0.4, 0.5) is 11.4 Å². The van der Waals surface area contributed by atoms with Crippen LogP contribution >= 0.6 is 0 Å². The molecular formula is C18H29N3O. The molecule has 2 rings (SSSR count). The van der Waals surface area contributed by atoms with Gasteiger partial charge in [0.1, 0.15) is 0 Å². The molecule has 1 saturated heterocycles. The van der Waals surface area contributed by atoms with Crippen molar-refractivity contribution in [3.05, 3.63) is 24.3 Å². The molecule has 0 unspecified atom stereocenters. The number of benzene rings is 1. The lowest BCUT2D eigenvalue weighted by Gasteiger charge is -2.29. The standard InChI is InChI=1S/C18H29N3O/c1-4-21(5-2)17-8-6-16(7-9-17)19-18(22)14-20-12-10-15(3)11-13-20/h6-9,15H,4-5,10-14H2,1-3H3,(H,19,22). The molecule has 1 amide bonds. The highest BCUT2D eigenvalue weighted by Gasteiger charge is 2.17. The van der Waals surface area contributed by atoms with Gasteiger partial charge < -0.3 is 10.2 Å². The molecule has 1 aliphatic heterocycles. The Labute approximate surface area is 134 Å². The molecule has 1 aromatic rings. The Morgan fingerprint density at radius 2 is 1.77 bits per heavy atom. The van der Waals surface area contributed by atoms with Crippen LogP contribution in [0.3, 0.4) is 0 Å². The van der Waals surface area contributed by atoms with Crippen LogP contribution in [-0.2, 0) is 4.79 Å². The quantitative estimate of drug-likeness (QED) is 0.876. The van der Waals surface area contributed by atoms with Gasteiger partial charge >= 0.3 is 0 Å². The Morgan fingerprint density at radius 3 is 2.32 bits per heavy atom. The largest absolute Gasteiger partial charge is 0.372 e. The first-order valence-electron chi connectivity index (χ1n) is 8.49. The van der Waals surface area contributed by atoms with E-state index < -0.39 is 0 Å². The van der Waals surface area contributed by atoms with Crippen LogP contribution < -0.4 is 10.2 Å². The molecular weight excluding hydrogens is 274 g/mol. The van der Waals surface area contributed by atoms with Gasteiger partial charge in [0.25, 0.3) is 0 Å². The van der Waals surface area contributed by atoms with E-state index in [1.54, 1.807) is 0 Å². The summed E-state index contributed by atoms with van der Waals surface area (Å²) >= 11 is 0. The number of carbonyl (C=O) groups is 1. The van der Waals surface area contributed by atoms with E-state index in [1.807, 2.05) is 12.1 Å². The van der Waals surface area contributed by atoms with Gasteiger partial charge in [-0.2, -0.15) is 0 Å². The zero-order chi connectivity index (χ0) is 15.9. The number of anilines is 2. The summed E-state index contributed by atoms with van der Waals surface area (Å²) in [5.74, 6) is 0.886. The molecule has 0 aromatic heterocycles. The third kappa shape index (κ3) is 4.73. The van der Waals surface area contributed by atoms with E-state index in [2.05, 4.69) is 48.0 Å². The second-order valence-electron chi connectivity index (χ2n) is 6.23. The minimum atomic E-state index is 0.0881. The fourth-order valence-electron chi connectivity index (χ4n) is 2.97. The first-order chi connectivity index (χ1) is 10.6. The lowest BCUT2D eigenvalue weighted by molar-refractivity contribution is -0.117. The summed E-state index contributed by atoms with van der Waals surface area (Å²) in [6.45, 7) is 11.2. The maximum atomic E-state index is 12.1. The Hall–Kier alpha value is -1.55. The molecule has 0 atom stereocenters. The molecule has 0 spiro atoms. The third-order valence-corrected chi connectivity index (χ3v) is 4.52. The summed E-state index contributed by atoms with van der Waals surface area (Å²) in [5.41, 5.74) is 2.08. The SMILES string of the molecule is CCN(CC)c1ccc(NC(=O)CN2CCC(C)CC2)cc1. The van der Waals surface area contributed by atoms with E-state index in [4.69, 9.17) is 0 Å². The number of carbonyl (C=O) groups excluding carboxylic acids is 1. The van der Waals surface area contributed by atoms with E-state index >= 15 is 0 Å². The lowest BCUT2D eigenvalue weighted by Crippen LogP contribution is -2.38. The summed E-state index contributed by atoms with van der Waals surface area (Å²) in [6.07, 6.45) is 2.40. The third-order valence-electron chi connectivity index (χ3n) is 4.52. The average molecular weight is 303 g/mol. The molecule has 0 bridgehead atoms. The van der Waals surface area contributed by atoms with Gasteiger partial charge in [0.2, 0.25) is 5.91 Å².